The van der Waals surface area contributed by atoms with Gasteiger partial charge in [-0.05, 0) is 49.8 Å². The predicted molar refractivity (Wildman–Crippen MR) is 85.8 cm³/mol. The average molecular weight is 313 g/mol. The lowest BCUT2D eigenvalue weighted by atomic mass is 10.1. The summed E-state index contributed by atoms with van der Waals surface area (Å²) in [5, 5.41) is 8.77. The number of aliphatic hydroxyl groups is 1. The molecular weight excluding hydrogens is 286 g/mol. The van der Waals surface area contributed by atoms with E-state index in [1.807, 2.05) is 26.0 Å². The van der Waals surface area contributed by atoms with Gasteiger partial charge in [0.25, 0.3) is 0 Å². The first-order chi connectivity index (χ1) is 10.1. The molecule has 1 rings (SSSR count). The molecule has 0 aromatic heterocycles. The Morgan fingerprint density at radius 1 is 1.00 bits per heavy atom. The SMILES string of the molecule is CCCN(CCC)S(=O)(=O)c1ccc(CCCCO)cc1. The highest BCUT2D eigenvalue weighted by Gasteiger charge is 2.22. The van der Waals surface area contributed by atoms with Gasteiger partial charge in [-0.3, -0.25) is 0 Å². The molecule has 0 saturated carbocycles. The predicted octanol–water partition coefficient (Wildman–Crippen LogP) is 2.81. The van der Waals surface area contributed by atoms with Crippen LogP contribution in [-0.2, 0) is 16.4 Å². The number of hydrogen-bond acceptors (Lipinski definition) is 3. The second kappa shape index (κ2) is 9.18. The number of nitrogens with zero attached hydrogens (tertiary/aromatic N) is 1. The van der Waals surface area contributed by atoms with E-state index in [4.69, 9.17) is 5.11 Å². The van der Waals surface area contributed by atoms with Crippen molar-refractivity contribution in [1.82, 2.24) is 4.31 Å². The van der Waals surface area contributed by atoms with Crippen molar-refractivity contribution < 1.29 is 13.5 Å². The maximum absolute atomic E-state index is 12.6. The van der Waals surface area contributed by atoms with Gasteiger partial charge >= 0.3 is 0 Å². The van der Waals surface area contributed by atoms with Crippen molar-refractivity contribution in [2.45, 2.75) is 50.8 Å². The van der Waals surface area contributed by atoms with E-state index in [1.165, 1.54) is 0 Å². The zero-order chi connectivity index (χ0) is 15.7. The highest BCUT2D eigenvalue weighted by Crippen LogP contribution is 2.18. The van der Waals surface area contributed by atoms with Crippen LogP contribution < -0.4 is 0 Å². The van der Waals surface area contributed by atoms with Gasteiger partial charge in [-0.1, -0.05) is 26.0 Å². The molecule has 0 heterocycles. The number of aryl methyl sites for hydroxylation is 1. The summed E-state index contributed by atoms with van der Waals surface area (Å²) in [6.45, 7) is 5.31. The van der Waals surface area contributed by atoms with Crippen molar-refractivity contribution in [3.63, 3.8) is 0 Å². The fourth-order valence-electron chi connectivity index (χ4n) is 2.27. The number of benzene rings is 1. The van der Waals surface area contributed by atoms with Crippen molar-refractivity contribution in [3.8, 4) is 0 Å². The number of hydrogen-bond donors (Lipinski definition) is 1. The topological polar surface area (TPSA) is 57.6 Å². The number of unbranched alkanes of at least 4 members (excludes halogenated alkanes) is 1. The Kier molecular flexibility index (Phi) is 7.93. The van der Waals surface area contributed by atoms with E-state index in [-0.39, 0.29) is 6.61 Å². The molecule has 5 heteroatoms. The quantitative estimate of drug-likeness (QED) is 0.676. The molecule has 0 aliphatic carbocycles. The third kappa shape index (κ3) is 5.41. The summed E-state index contributed by atoms with van der Waals surface area (Å²) in [5.74, 6) is 0. The van der Waals surface area contributed by atoms with Crippen LogP contribution in [0.3, 0.4) is 0 Å². The summed E-state index contributed by atoms with van der Waals surface area (Å²) in [4.78, 5) is 0.371. The largest absolute Gasteiger partial charge is 0.396 e. The standard InChI is InChI=1S/C16H27NO3S/c1-3-12-17(13-4-2)21(19,20)16-10-8-15(9-11-16)7-5-6-14-18/h8-11,18H,3-7,12-14H2,1-2H3. The number of rotatable bonds is 10. The molecule has 0 unspecified atom stereocenters. The van der Waals surface area contributed by atoms with Gasteiger partial charge in [-0.2, -0.15) is 4.31 Å². The van der Waals surface area contributed by atoms with Crippen molar-refractivity contribution in [1.29, 1.82) is 0 Å². The molecule has 1 aromatic carbocycles. The zero-order valence-corrected chi connectivity index (χ0v) is 13.9. The molecule has 4 nitrogen and oxygen atoms in total. The van der Waals surface area contributed by atoms with E-state index in [9.17, 15) is 8.42 Å². The molecule has 0 atom stereocenters. The maximum atomic E-state index is 12.6. The smallest absolute Gasteiger partial charge is 0.243 e. The molecule has 0 aliphatic rings. The first kappa shape index (κ1) is 18.1. The summed E-state index contributed by atoms with van der Waals surface area (Å²) >= 11 is 0. The first-order valence-electron chi connectivity index (χ1n) is 7.76. The van der Waals surface area contributed by atoms with Gasteiger partial charge in [-0.25, -0.2) is 8.42 Å². The molecule has 0 bridgehead atoms. The Morgan fingerprint density at radius 3 is 2.05 bits per heavy atom. The van der Waals surface area contributed by atoms with Crippen LogP contribution in [0.2, 0.25) is 0 Å². The lowest BCUT2D eigenvalue weighted by Gasteiger charge is -2.21. The van der Waals surface area contributed by atoms with Gasteiger partial charge < -0.3 is 5.11 Å². The van der Waals surface area contributed by atoms with E-state index in [0.29, 0.717) is 18.0 Å². The van der Waals surface area contributed by atoms with Crippen LogP contribution in [0.4, 0.5) is 0 Å². The average Bonchev–Trinajstić information content (AvgIpc) is 2.48. The van der Waals surface area contributed by atoms with Gasteiger partial charge in [0.15, 0.2) is 0 Å². The van der Waals surface area contributed by atoms with Gasteiger partial charge in [-0.15, -0.1) is 0 Å². The summed E-state index contributed by atoms with van der Waals surface area (Å²) in [7, 11) is -3.37. The molecule has 21 heavy (non-hydrogen) atoms. The molecular formula is C16H27NO3S. The third-order valence-electron chi connectivity index (χ3n) is 3.38. The highest BCUT2D eigenvalue weighted by molar-refractivity contribution is 7.89. The summed E-state index contributed by atoms with van der Waals surface area (Å²) in [6, 6.07) is 7.14. The lowest BCUT2D eigenvalue weighted by Crippen LogP contribution is -2.32. The van der Waals surface area contributed by atoms with Gasteiger partial charge in [0.2, 0.25) is 10.0 Å². The van der Waals surface area contributed by atoms with Crippen LogP contribution in [0.15, 0.2) is 29.2 Å². The van der Waals surface area contributed by atoms with Gasteiger partial charge in [0.1, 0.15) is 0 Å². The van der Waals surface area contributed by atoms with E-state index in [1.54, 1.807) is 16.4 Å². The molecule has 0 radical (unpaired) electrons. The Balaban J connectivity index is 2.82. The van der Waals surface area contributed by atoms with Crippen molar-refractivity contribution in [3.05, 3.63) is 29.8 Å². The Hall–Kier alpha value is -0.910. The Morgan fingerprint density at radius 2 is 1.57 bits per heavy atom. The molecule has 0 saturated heterocycles. The summed E-state index contributed by atoms with van der Waals surface area (Å²) in [5.41, 5.74) is 1.11. The Labute approximate surface area is 128 Å². The third-order valence-corrected chi connectivity index (χ3v) is 5.29. The van der Waals surface area contributed by atoms with Gasteiger partial charge in [0.05, 0.1) is 4.90 Å². The minimum absolute atomic E-state index is 0.204. The molecule has 0 aliphatic heterocycles. The molecule has 120 valence electrons. The van der Waals surface area contributed by atoms with E-state index >= 15 is 0 Å². The van der Waals surface area contributed by atoms with Crippen molar-refractivity contribution in [2.75, 3.05) is 19.7 Å². The normalized spacial score (nSPS) is 12.0. The Bertz CT molecular complexity index is 491. The van der Waals surface area contributed by atoms with Crippen LogP contribution in [0.5, 0.6) is 0 Å². The van der Waals surface area contributed by atoms with E-state index in [2.05, 4.69) is 0 Å². The second-order valence-corrected chi connectivity index (χ2v) is 7.17. The van der Waals surface area contributed by atoms with Crippen LogP contribution in [0.1, 0.15) is 45.1 Å². The molecule has 1 aromatic rings. The fraction of sp³-hybridized carbons (Fsp3) is 0.625. The highest BCUT2D eigenvalue weighted by atomic mass is 32.2. The summed E-state index contributed by atoms with van der Waals surface area (Å²) < 4.78 is 26.7. The number of aliphatic hydroxyl groups excluding tert-OH is 1. The zero-order valence-electron chi connectivity index (χ0n) is 13.1. The monoisotopic (exact) mass is 313 g/mol. The number of sulfonamides is 1. The van der Waals surface area contributed by atoms with Crippen LogP contribution in [-0.4, -0.2) is 37.5 Å². The second-order valence-electron chi connectivity index (χ2n) is 5.23. The van der Waals surface area contributed by atoms with Crippen LogP contribution >= 0.6 is 0 Å². The van der Waals surface area contributed by atoms with Crippen LogP contribution in [0, 0.1) is 0 Å². The van der Waals surface area contributed by atoms with E-state index in [0.717, 1.165) is 37.7 Å². The van der Waals surface area contributed by atoms with Crippen molar-refractivity contribution >= 4 is 10.0 Å². The lowest BCUT2D eigenvalue weighted by molar-refractivity contribution is 0.284. The first-order valence-corrected chi connectivity index (χ1v) is 9.20. The minimum Gasteiger partial charge on any atom is -0.396 e. The van der Waals surface area contributed by atoms with Crippen molar-refractivity contribution in [2.24, 2.45) is 0 Å². The van der Waals surface area contributed by atoms with E-state index < -0.39 is 10.0 Å². The fourth-order valence-corrected chi connectivity index (χ4v) is 3.89. The molecule has 0 spiro atoms. The van der Waals surface area contributed by atoms with Gasteiger partial charge in [0, 0.05) is 19.7 Å². The minimum atomic E-state index is -3.37. The molecule has 0 fully saturated rings. The van der Waals surface area contributed by atoms with Crippen LogP contribution in [0.25, 0.3) is 0 Å². The maximum Gasteiger partial charge on any atom is 0.243 e. The molecule has 0 amide bonds. The summed E-state index contributed by atoms with van der Waals surface area (Å²) in [6.07, 6.45) is 4.20. The molecule has 1 N–H and O–H groups in total.